The van der Waals surface area contributed by atoms with E-state index in [4.69, 9.17) is 5.73 Å². The number of thioether (sulfide) groups is 1. The van der Waals surface area contributed by atoms with Gasteiger partial charge in [0.1, 0.15) is 0 Å². The SMILES string of the molecule is CSC(C)CNCCCN. The molecule has 0 saturated heterocycles. The Morgan fingerprint density at radius 2 is 2.30 bits per heavy atom. The molecule has 0 spiro atoms. The van der Waals surface area contributed by atoms with Crippen LogP contribution in [-0.4, -0.2) is 31.1 Å². The van der Waals surface area contributed by atoms with E-state index in [2.05, 4.69) is 18.5 Å². The van der Waals surface area contributed by atoms with Gasteiger partial charge >= 0.3 is 0 Å². The van der Waals surface area contributed by atoms with Gasteiger partial charge in [0.15, 0.2) is 0 Å². The average Bonchev–Trinajstić information content (AvgIpc) is 1.98. The molecular formula is C7H18N2S. The van der Waals surface area contributed by atoms with Gasteiger partial charge in [-0.15, -0.1) is 0 Å². The fraction of sp³-hybridized carbons (Fsp3) is 1.00. The Balaban J connectivity index is 2.89. The summed E-state index contributed by atoms with van der Waals surface area (Å²) >= 11 is 1.89. The monoisotopic (exact) mass is 162 g/mol. The molecule has 0 aromatic rings. The lowest BCUT2D eigenvalue weighted by atomic mass is 10.4. The summed E-state index contributed by atoms with van der Waals surface area (Å²) in [5.41, 5.74) is 5.33. The van der Waals surface area contributed by atoms with Crippen molar-refractivity contribution in [2.75, 3.05) is 25.9 Å². The lowest BCUT2D eigenvalue weighted by Crippen LogP contribution is -2.24. The van der Waals surface area contributed by atoms with Crippen LogP contribution in [0.4, 0.5) is 0 Å². The highest BCUT2D eigenvalue weighted by Gasteiger charge is 1.95. The third-order valence-electron chi connectivity index (χ3n) is 1.39. The lowest BCUT2D eigenvalue weighted by molar-refractivity contribution is 0.652. The van der Waals surface area contributed by atoms with E-state index >= 15 is 0 Å². The fourth-order valence-corrected chi connectivity index (χ4v) is 0.900. The average molecular weight is 162 g/mol. The molecule has 1 unspecified atom stereocenters. The minimum absolute atomic E-state index is 0.720. The van der Waals surface area contributed by atoms with Crippen molar-refractivity contribution < 1.29 is 0 Å². The number of nitrogens with one attached hydrogen (secondary N) is 1. The molecule has 0 aromatic heterocycles. The normalized spacial score (nSPS) is 13.5. The van der Waals surface area contributed by atoms with Crippen molar-refractivity contribution in [2.24, 2.45) is 5.73 Å². The Bertz CT molecular complexity index is 68.6. The number of hydrogen-bond acceptors (Lipinski definition) is 3. The molecule has 0 rings (SSSR count). The molecule has 1 atom stereocenters. The molecular weight excluding hydrogens is 144 g/mol. The van der Waals surface area contributed by atoms with Gasteiger partial charge in [-0.3, -0.25) is 0 Å². The van der Waals surface area contributed by atoms with Crippen LogP contribution < -0.4 is 11.1 Å². The second-order valence-electron chi connectivity index (χ2n) is 2.39. The molecule has 62 valence electrons. The van der Waals surface area contributed by atoms with Crippen molar-refractivity contribution in [3.05, 3.63) is 0 Å². The fourth-order valence-electron chi connectivity index (χ4n) is 0.616. The van der Waals surface area contributed by atoms with E-state index in [0.717, 1.165) is 31.3 Å². The molecule has 3 heteroatoms. The molecule has 0 aliphatic carbocycles. The van der Waals surface area contributed by atoms with Crippen molar-refractivity contribution in [3.63, 3.8) is 0 Å². The van der Waals surface area contributed by atoms with Crippen molar-refractivity contribution in [1.29, 1.82) is 0 Å². The van der Waals surface area contributed by atoms with Gasteiger partial charge < -0.3 is 11.1 Å². The van der Waals surface area contributed by atoms with E-state index in [9.17, 15) is 0 Å². The van der Waals surface area contributed by atoms with Crippen LogP contribution >= 0.6 is 11.8 Å². The molecule has 0 saturated carbocycles. The smallest absolute Gasteiger partial charge is 0.0141 e. The maximum atomic E-state index is 5.33. The zero-order chi connectivity index (χ0) is 7.82. The van der Waals surface area contributed by atoms with Crippen molar-refractivity contribution in [2.45, 2.75) is 18.6 Å². The lowest BCUT2D eigenvalue weighted by Gasteiger charge is -2.08. The summed E-state index contributed by atoms with van der Waals surface area (Å²) in [6.07, 6.45) is 3.22. The molecule has 0 aromatic carbocycles. The first-order valence-electron chi connectivity index (χ1n) is 3.74. The van der Waals surface area contributed by atoms with Gasteiger partial charge in [0, 0.05) is 11.8 Å². The van der Waals surface area contributed by atoms with E-state index in [1.165, 1.54) is 0 Å². The largest absolute Gasteiger partial charge is 0.330 e. The predicted octanol–water partition coefficient (Wildman–Crippen LogP) is 0.676. The summed E-state index contributed by atoms with van der Waals surface area (Å²) in [6.45, 7) is 5.17. The van der Waals surface area contributed by atoms with Crippen LogP contribution in [0.2, 0.25) is 0 Å². The predicted molar refractivity (Wildman–Crippen MR) is 49.5 cm³/mol. The van der Waals surface area contributed by atoms with E-state index in [-0.39, 0.29) is 0 Å². The molecule has 0 bridgehead atoms. The standard InChI is InChI=1S/C7H18N2S/c1-7(10-2)6-9-5-3-4-8/h7,9H,3-6,8H2,1-2H3. The van der Waals surface area contributed by atoms with Crippen LogP contribution in [0.5, 0.6) is 0 Å². The highest BCUT2D eigenvalue weighted by atomic mass is 32.2. The van der Waals surface area contributed by atoms with Crippen LogP contribution in [0.1, 0.15) is 13.3 Å². The van der Waals surface area contributed by atoms with Gasteiger partial charge in [-0.25, -0.2) is 0 Å². The Kier molecular flexibility index (Phi) is 7.58. The topological polar surface area (TPSA) is 38.0 Å². The van der Waals surface area contributed by atoms with Crippen molar-refractivity contribution in [3.8, 4) is 0 Å². The quantitative estimate of drug-likeness (QED) is 0.564. The molecule has 0 amide bonds. The Hall–Kier alpha value is 0.270. The third kappa shape index (κ3) is 6.39. The first-order valence-corrected chi connectivity index (χ1v) is 5.03. The van der Waals surface area contributed by atoms with Gasteiger partial charge in [0.2, 0.25) is 0 Å². The van der Waals surface area contributed by atoms with Gasteiger partial charge in [0.25, 0.3) is 0 Å². The minimum Gasteiger partial charge on any atom is -0.330 e. The summed E-state index contributed by atoms with van der Waals surface area (Å²) in [7, 11) is 0. The zero-order valence-electron chi connectivity index (χ0n) is 6.89. The zero-order valence-corrected chi connectivity index (χ0v) is 7.71. The van der Waals surface area contributed by atoms with Crippen LogP contribution in [0.15, 0.2) is 0 Å². The van der Waals surface area contributed by atoms with Crippen molar-refractivity contribution >= 4 is 11.8 Å². The van der Waals surface area contributed by atoms with Crippen molar-refractivity contribution in [1.82, 2.24) is 5.32 Å². The minimum atomic E-state index is 0.720. The summed E-state index contributed by atoms with van der Waals surface area (Å²) in [5.74, 6) is 0. The molecule has 0 aliphatic rings. The second-order valence-corrected chi connectivity index (χ2v) is 3.67. The maximum absolute atomic E-state index is 5.33. The molecule has 0 aliphatic heterocycles. The van der Waals surface area contributed by atoms with E-state index in [1.54, 1.807) is 0 Å². The molecule has 0 heterocycles. The number of nitrogens with two attached hydrogens (primary N) is 1. The second kappa shape index (κ2) is 7.38. The summed E-state index contributed by atoms with van der Waals surface area (Å²) < 4.78 is 0. The maximum Gasteiger partial charge on any atom is 0.0141 e. The van der Waals surface area contributed by atoms with Gasteiger partial charge in [-0.05, 0) is 25.8 Å². The molecule has 0 fully saturated rings. The first kappa shape index (κ1) is 10.3. The summed E-state index contributed by atoms with van der Waals surface area (Å²) in [6, 6.07) is 0. The Labute approximate surface area is 67.9 Å². The van der Waals surface area contributed by atoms with Crippen LogP contribution in [0.25, 0.3) is 0 Å². The van der Waals surface area contributed by atoms with Gasteiger partial charge in [0.05, 0.1) is 0 Å². The number of hydrogen-bond donors (Lipinski definition) is 2. The van der Waals surface area contributed by atoms with Gasteiger partial charge in [-0.2, -0.15) is 11.8 Å². The summed E-state index contributed by atoms with van der Waals surface area (Å²) in [4.78, 5) is 0. The van der Waals surface area contributed by atoms with Crippen LogP contribution in [0.3, 0.4) is 0 Å². The molecule has 3 N–H and O–H groups in total. The van der Waals surface area contributed by atoms with Crippen LogP contribution in [0, 0.1) is 0 Å². The molecule has 2 nitrogen and oxygen atoms in total. The van der Waals surface area contributed by atoms with E-state index in [0.29, 0.717) is 0 Å². The Morgan fingerprint density at radius 3 is 2.80 bits per heavy atom. The summed E-state index contributed by atoms with van der Waals surface area (Å²) in [5, 5.41) is 4.06. The highest BCUT2D eigenvalue weighted by Crippen LogP contribution is 2.01. The first-order chi connectivity index (χ1) is 4.81. The van der Waals surface area contributed by atoms with Crippen LogP contribution in [-0.2, 0) is 0 Å². The van der Waals surface area contributed by atoms with E-state index < -0.39 is 0 Å². The third-order valence-corrected chi connectivity index (χ3v) is 2.36. The molecule has 0 radical (unpaired) electrons. The Morgan fingerprint density at radius 1 is 1.60 bits per heavy atom. The highest BCUT2D eigenvalue weighted by molar-refractivity contribution is 7.99. The van der Waals surface area contributed by atoms with Gasteiger partial charge in [-0.1, -0.05) is 6.92 Å². The number of rotatable bonds is 6. The van der Waals surface area contributed by atoms with E-state index in [1.807, 2.05) is 11.8 Å². The molecule has 10 heavy (non-hydrogen) atoms.